The molecule has 61 heavy (non-hydrogen) atoms. The molecule has 5 heteroatoms. The van der Waals surface area contributed by atoms with E-state index in [0.29, 0.717) is 11.1 Å². The highest BCUT2D eigenvalue weighted by Gasteiger charge is 2.41. The van der Waals surface area contributed by atoms with Gasteiger partial charge in [-0.05, 0) is 99.1 Å². The fraction of sp³-hybridized carbons (Fsp3) is 0. The predicted molar refractivity (Wildman–Crippen MR) is 254 cm³/mol. The van der Waals surface area contributed by atoms with Crippen LogP contribution in [0.15, 0.2) is 218 Å². The van der Waals surface area contributed by atoms with Crippen molar-refractivity contribution in [1.82, 2.24) is 9.13 Å². The fourth-order valence-corrected chi connectivity index (χ4v) is 14.5. The molecule has 4 nitrogen and oxygen atoms in total. The summed E-state index contributed by atoms with van der Waals surface area (Å²) in [4.78, 5) is 0. The molecule has 0 aliphatic heterocycles. The van der Waals surface area contributed by atoms with Crippen LogP contribution in [0.5, 0.6) is 0 Å². The van der Waals surface area contributed by atoms with E-state index in [1.165, 1.54) is 26.1 Å². The Morgan fingerprint density at radius 3 is 1.52 bits per heavy atom. The number of nitriles is 2. The van der Waals surface area contributed by atoms with Crippen molar-refractivity contribution in [3.63, 3.8) is 0 Å². The second kappa shape index (κ2) is 14.6. The first-order chi connectivity index (χ1) is 30.2. The molecule has 0 saturated carbocycles. The number of fused-ring (bicyclic) bond motifs is 6. The number of benzene rings is 9. The van der Waals surface area contributed by atoms with Gasteiger partial charge in [-0.1, -0.05) is 146 Å². The third-order valence-electron chi connectivity index (χ3n) is 12.3. The summed E-state index contributed by atoms with van der Waals surface area (Å²) in [6.07, 6.45) is 0. The first-order valence-corrected chi connectivity index (χ1v) is 22.5. The highest BCUT2D eigenvalue weighted by Crippen LogP contribution is 2.41. The lowest BCUT2D eigenvalue weighted by atomic mass is 9.99. The molecule has 0 fully saturated rings. The average Bonchev–Trinajstić information content (AvgIpc) is 3.85. The molecule has 0 radical (unpaired) electrons. The molecular formula is C56H36N4Si. The van der Waals surface area contributed by atoms with Gasteiger partial charge in [0.15, 0.2) is 8.07 Å². The summed E-state index contributed by atoms with van der Waals surface area (Å²) in [5.74, 6) is 0. The van der Waals surface area contributed by atoms with Crippen LogP contribution in [0.25, 0.3) is 66.1 Å². The largest absolute Gasteiger partial charge is 0.309 e. The van der Waals surface area contributed by atoms with Crippen molar-refractivity contribution >= 4 is 72.4 Å². The molecule has 11 rings (SSSR count). The molecule has 0 N–H and O–H groups in total. The van der Waals surface area contributed by atoms with Gasteiger partial charge in [0.1, 0.15) is 0 Å². The van der Waals surface area contributed by atoms with Crippen LogP contribution in [0.1, 0.15) is 11.1 Å². The minimum Gasteiger partial charge on any atom is -0.309 e. The lowest BCUT2D eigenvalue weighted by Crippen LogP contribution is -2.74. The van der Waals surface area contributed by atoms with Crippen molar-refractivity contribution in [1.29, 1.82) is 10.5 Å². The van der Waals surface area contributed by atoms with Crippen molar-refractivity contribution in [2.75, 3.05) is 0 Å². The van der Waals surface area contributed by atoms with Gasteiger partial charge >= 0.3 is 0 Å². The van der Waals surface area contributed by atoms with Crippen molar-refractivity contribution in [3.05, 3.63) is 230 Å². The van der Waals surface area contributed by atoms with Gasteiger partial charge in [-0.25, -0.2) is 0 Å². The Bertz CT molecular complexity index is 3440. The third kappa shape index (κ3) is 5.64. The Kier molecular flexibility index (Phi) is 8.57. The Morgan fingerprint density at radius 2 is 0.869 bits per heavy atom. The van der Waals surface area contributed by atoms with Crippen molar-refractivity contribution < 1.29 is 0 Å². The average molecular weight is 793 g/mol. The second-order valence-corrected chi connectivity index (χ2v) is 19.3. The number of para-hydroxylation sites is 2. The normalized spacial score (nSPS) is 11.6. The van der Waals surface area contributed by atoms with Crippen LogP contribution in [0.4, 0.5) is 0 Å². The van der Waals surface area contributed by atoms with Gasteiger partial charge in [-0.3, -0.25) is 0 Å². The monoisotopic (exact) mass is 792 g/mol. The summed E-state index contributed by atoms with van der Waals surface area (Å²) < 4.78 is 4.68. The molecule has 0 unspecified atom stereocenters. The quantitative estimate of drug-likeness (QED) is 0.119. The van der Waals surface area contributed by atoms with Crippen molar-refractivity contribution in [3.8, 4) is 34.6 Å². The van der Waals surface area contributed by atoms with E-state index in [1.54, 1.807) is 0 Å². The highest BCUT2D eigenvalue weighted by atomic mass is 28.3. The maximum Gasteiger partial charge on any atom is 0.179 e. The van der Waals surface area contributed by atoms with Gasteiger partial charge in [0, 0.05) is 38.5 Å². The first-order valence-electron chi connectivity index (χ1n) is 20.5. The van der Waals surface area contributed by atoms with E-state index in [4.69, 9.17) is 0 Å². The molecule has 2 aromatic heterocycles. The molecular weight excluding hydrogens is 757 g/mol. The van der Waals surface area contributed by atoms with E-state index in [9.17, 15) is 10.5 Å². The van der Waals surface area contributed by atoms with Crippen LogP contribution >= 0.6 is 0 Å². The summed E-state index contributed by atoms with van der Waals surface area (Å²) in [5.41, 5.74) is 9.81. The summed E-state index contributed by atoms with van der Waals surface area (Å²) in [7, 11) is -2.80. The number of aromatic nitrogens is 2. The lowest BCUT2D eigenvalue weighted by molar-refractivity contribution is 1.18. The van der Waals surface area contributed by atoms with E-state index in [-0.39, 0.29) is 0 Å². The minimum atomic E-state index is -2.80. The summed E-state index contributed by atoms with van der Waals surface area (Å²) in [6.45, 7) is 0. The van der Waals surface area contributed by atoms with Gasteiger partial charge in [0.2, 0.25) is 0 Å². The van der Waals surface area contributed by atoms with Crippen LogP contribution in [0, 0.1) is 22.7 Å². The van der Waals surface area contributed by atoms with Gasteiger partial charge in [-0.2, -0.15) is 10.5 Å². The molecule has 2 heterocycles. The van der Waals surface area contributed by atoms with Crippen LogP contribution in [0.2, 0.25) is 0 Å². The molecule has 9 aromatic carbocycles. The predicted octanol–water partition coefficient (Wildman–Crippen LogP) is 10.7. The Labute approximate surface area is 354 Å². The summed E-state index contributed by atoms with van der Waals surface area (Å²) >= 11 is 0. The molecule has 0 amide bonds. The highest BCUT2D eigenvalue weighted by molar-refractivity contribution is 7.19. The van der Waals surface area contributed by atoms with Gasteiger partial charge < -0.3 is 9.13 Å². The smallest absolute Gasteiger partial charge is 0.179 e. The second-order valence-electron chi connectivity index (χ2n) is 15.5. The minimum absolute atomic E-state index is 0.623. The topological polar surface area (TPSA) is 57.4 Å². The number of hydrogen-bond donors (Lipinski definition) is 0. The number of rotatable bonds is 7. The van der Waals surface area contributed by atoms with E-state index < -0.39 is 8.07 Å². The van der Waals surface area contributed by atoms with E-state index >= 15 is 0 Å². The van der Waals surface area contributed by atoms with Crippen molar-refractivity contribution in [2.45, 2.75) is 0 Å². The van der Waals surface area contributed by atoms with Crippen molar-refractivity contribution in [2.24, 2.45) is 0 Å². The SMILES string of the molecule is N#Cc1ccc(-n2c3ccccc3c3cccc(-c4ccc5c(c4)c4cc(C#N)ccc4n5-c4cccc([Si](c5ccccc5)(c5ccccc5)c5ccccc5)c4)c32)cc1. The molecule has 0 aliphatic carbocycles. The van der Waals surface area contributed by atoms with Crippen LogP contribution in [0.3, 0.4) is 0 Å². The molecule has 0 atom stereocenters. The van der Waals surface area contributed by atoms with E-state index in [2.05, 4.69) is 203 Å². The molecule has 284 valence electrons. The summed E-state index contributed by atoms with van der Waals surface area (Å²) in [6, 6.07) is 82.6. The van der Waals surface area contributed by atoms with Crippen LogP contribution in [-0.2, 0) is 0 Å². The summed E-state index contributed by atoms with van der Waals surface area (Å²) in [5, 5.41) is 29.4. The van der Waals surface area contributed by atoms with Gasteiger partial charge in [0.05, 0.1) is 45.3 Å². The maximum absolute atomic E-state index is 10.2. The molecule has 11 aromatic rings. The molecule has 0 saturated heterocycles. The standard InChI is InChI=1S/C56H36N4Si/c57-37-39-26-30-42(31-27-39)60-53-25-11-10-22-49(53)50-24-13-23-48(56(50)60)41-29-33-55-52(35-41)51-34-40(38-58)28-32-54(51)59(55)43-14-12-21-47(36-43)61(44-15-4-1-5-16-44,45-17-6-2-7-18-45)46-19-8-3-9-20-46/h1-36H. The number of nitrogens with zero attached hydrogens (tertiary/aromatic N) is 4. The molecule has 0 aliphatic rings. The van der Waals surface area contributed by atoms with Gasteiger partial charge in [-0.15, -0.1) is 0 Å². The lowest BCUT2D eigenvalue weighted by Gasteiger charge is -2.34. The Morgan fingerprint density at radius 1 is 0.344 bits per heavy atom. The van der Waals surface area contributed by atoms with Crippen LogP contribution in [-0.4, -0.2) is 17.2 Å². The number of hydrogen-bond acceptors (Lipinski definition) is 2. The zero-order valence-corrected chi connectivity index (χ0v) is 34.1. The zero-order chi connectivity index (χ0) is 40.9. The maximum atomic E-state index is 10.2. The zero-order valence-electron chi connectivity index (χ0n) is 33.1. The third-order valence-corrected chi connectivity index (χ3v) is 17.1. The van der Waals surface area contributed by atoms with E-state index in [1.807, 2.05) is 36.4 Å². The van der Waals surface area contributed by atoms with E-state index in [0.717, 1.165) is 60.7 Å². The fourth-order valence-electron chi connectivity index (χ4n) is 9.69. The molecule has 0 bridgehead atoms. The Balaban J connectivity index is 1.16. The Hall–Kier alpha value is -8.22. The van der Waals surface area contributed by atoms with Crippen LogP contribution < -0.4 is 20.7 Å². The van der Waals surface area contributed by atoms with Gasteiger partial charge in [0.25, 0.3) is 0 Å². The first kappa shape index (κ1) is 35.9. The molecule has 0 spiro atoms.